The monoisotopic (exact) mass is 463 g/mol. The molecular formula is C24H25N5O3S. The van der Waals surface area contributed by atoms with E-state index in [9.17, 15) is 14.4 Å². The minimum Gasteiger partial charge on any atom is -0.322 e. The predicted molar refractivity (Wildman–Crippen MR) is 127 cm³/mol. The third kappa shape index (κ3) is 4.49. The quantitative estimate of drug-likeness (QED) is 0.412. The molecule has 9 heteroatoms. The fraction of sp³-hybridized carbons (Fsp3) is 0.250. The van der Waals surface area contributed by atoms with Crippen LogP contribution in [-0.2, 0) is 9.59 Å². The zero-order valence-electron chi connectivity index (χ0n) is 18.7. The highest BCUT2D eigenvalue weighted by Crippen LogP contribution is 2.30. The Bertz CT molecular complexity index is 1190. The molecule has 1 fully saturated rings. The maximum atomic E-state index is 12.6. The second kappa shape index (κ2) is 9.11. The molecule has 3 aromatic rings. The molecule has 33 heavy (non-hydrogen) atoms. The number of hydrazine groups is 1. The van der Waals surface area contributed by atoms with Crippen molar-refractivity contribution in [1.82, 2.24) is 25.3 Å². The van der Waals surface area contributed by atoms with Crippen molar-refractivity contribution in [3.8, 4) is 16.9 Å². The first kappa shape index (κ1) is 22.6. The lowest BCUT2D eigenvalue weighted by Crippen LogP contribution is -2.49. The average Bonchev–Trinajstić information content (AvgIpc) is 3.33. The van der Waals surface area contributed by atoms with Gasteiger partial charge in [-0.05, 0) is 32.4 Å². The summed E-state index contributed by atoms with van der Waals surface area (Å²) < 4.78 is 1.99. The van der Waals surface area contributed by atoms with Gasteiger partial charge >= 0.3 is 6.03 Å². The van der Waals surface area contributed by atoms with Gasteiger partial charge in [-0.1, -0.05) is 66.7 Å². The van der Waals surface area contributed by atoms with Gasteiger partial charge in [0, 0.05) is 11.3 Å². The van der Waals surface area contributed by atoms with Crippen molar-refractivity contribution in [1.29, 1.82) is 0 Å². The first-order valence-electron chi connectivity index (χ1n) is 10.6. The number of benzene rings is 2. The number of para-hydroxylation sites is 1. The third-order valence-electron chi connectivity index (χ3n) is 5.63. The number of nitrogens with zero attached hydrogens (tertiary/aromatic N) is 3. The van der Waals surface area contributed by atoms with Crippen LogP contribution < -0.4 is 10.7 Å². The highest BCUT2D eigenvalue weighted by atomic mass is 32.2. The Hall–Kier alpha value is -3.59. The number of aryl methyl sites for hydroxylation is 1. The molecule has 4 amide bonds. The van der Waals surface area contributed by atoms with E-state index < -0.39 is 23.4 Å². The van der Waals surface area contributed by atoms with E-state index in [2.05, 4.69) is 15.7 Å². The molecule has 1 aliphatic heterocycles. The number of hydrogen-bond acceptors (Lipinski definition) is 5. The van der Waals surface area contributed by atoms with Crippen LogP contribution in [0.1, 0.15) is 25.8 Å². The van der Waals surface area contributed by atoms with E-state index in [-0.39, 0.29) is 5.75 Å². The van der Waals surface area contributed by atoms with Crippen LogP contribution in [0.15, 0.2) is 66.0 Å². The Morgan fingerprint density at radius 1 is 1.12 bits per heavy atom. The number of imidazole rings is 1. The zero-order valence-corrected chi connectivity index (χ0v) is 19.5. The summed E-state index contributed by atoms with van der Waals surface area (Å²) in [5.74, 6) is -0.957. The summed E-state index contributed by atoms with van der Waals surface area (Å²) in [5, 5.41) is 4.00. The van der Waals surface area contributed by atoms with Crippen molar-refractivity contribution in [2.75, 3.05) is 5.75 Å². The molecule has 8 nitrogen and oxygen atoms in total. The number of imide groups is 1. The maximum absolute atomic E-state index is 12.6. The van der Waals surface area contributed by atoms with Gasteiger partial charge in [0.25, 0.3) is 5.91 Å². The van der Waals surface area contributed by atoms with Crippen molar-refractivity contribution in [2.45, 2.75) is 37.9 Å². The van der Waals surface area contributed by atoms with Crippen molar-refractivity contribution in [3.05, 3.63) is 66.4 Å². The third-order valence-corrected chi connectivity index (χ3v) is 6.58. The normalized spacial score (nSPS) is 17.8. The number of aromatic nitrogens is 2. The van der Waals surface area contributed by atoms with Crippen LogP contribution in [-0.4, -0.2) is 43.7 Å². The number of amides is 4. The molecule has 0 radical (unpaired) electrons. The van der Waals surface area contributed by atoms with Gasteiger partial charge in [-0.25, -0.2) is 9.78 Å². The lowest BCUT2D eigenvalue weighted by molar-refractivity contribution is -0.137. The summed E-state index contributed by atoms with van der Waals surface area (Å²) in [6, 6.07) is 17.3. The van der Waals surface area contributed by atoms with Crippen LogP contribution >= 0.6 is 11.8 Å². The van der Waals surface area contributed by atoms with Crippen molar-refractivity contribution in [2.24, 2.45) is 0 Å². The predicted octanol–water partition coefficient (Wildman–Crippen LogP) is 3.69. The highest BCUT2D eigenvalue weighted by Gasteiger charge is 2.47. The van der Waals surface area contributed by atoms with Crippen LogP contribution in [0.2, 0.25) is 0 Å². The Balaban J connectivity index is 1.54. The van der Waals surface area contributed by atoms with Crippen molar-refractivity contribution in [3.63, 3.8) is 0 Å². The van der Waals surface area contributed by atoms with Crippen molar-refractivity contribution >= 4 is 29.6 Å². The van der Waals surface area contributed by atoms with E-state index in [4.69, 9.17) is 0 Å². The molecule has 0 saturated carbocycles. The number of rotatable bonds is 7. The van der Waals surface area contributed by atoms with E-state index in [0.717, 1.165) is 27.5 Å². The molecule has 1 aliphatic rings. The average molecular weight is 464 g/mol. The van der Waals surface area contributed by atoms with Gasteiger partial charge in [0.2, 0.25) is 5.91 Å². The second-order valence-corrected chi connectivity index (χ2v) is 8.99. The van der Waals surface area contributed by atoms with Gasteiger partial charge in [0.05, 0.1) is 17.6 Å². The zero-order chi connectivity index (χ0) is 23.6. The molecule has 0 bridgehead atoms. The summed E-state index contributed by atoms with van der Waals surface area (Å²) in [4.78, 5) is 41.8. The van der Waals surface area contributed by atoms with Gasteiger partial charge in [0.15, 0.2) is 5.16 Å². The largest absolute Gasteiger partial charge is 0.344 e. The van der Waals surface area contributed by atoms with E-state index in [1.54, 1.807) is 20.0 Å². The molecule has 4 rings (SSSR count). The topological polar surface area (TPSA) is 96.3 Å². The SMILES string of the molecule is CCC1(C)NC(=O)N(NC(=O)CSc2ncc(-c3ccc(C)cc3)n2-c2ccccc2)C1=O. The molecule has 2 N–H and O–H groups in total. The standard InChI is InChI=1S/C24H25N5O3S/c1-4-24(3)21(31)29(22(32)26-24)27-20(30)15-33-23-25-14-19(17-12-10-16(2)11-13-17)28(23)18-8-6-5-7-9-18/h5-14H,4,15H2,1-3H3,(H,26,32)(H,27,30). The summed E-state index contributed by atoms with van der Waals surface area (Å²) >= 11 is 1.23. The van der Waals surface area contributed by atoms with E-state index in [0.29, 0.717) is 11.6 Å². The first-order valence-corrected chi connectivity index (χ1v) is 11.6. The summed E-state index contributed by atoms with van der Waals surface area (Å²) in [5.41, 5.74) is 5.39. The summed E-state index contributed by atoms with van der Waals surface area (Å²) in [6.07, 6.45) is 2.21. The van der Waals surface area contributed by atoms with Gasteiger partial charge < -0.3 is 5.32 Å². The minimum absolute atomic E-state index is 0.0168. The molecular weight excluding hydrogens is 438 g/mol. The Labute approximate surface area is 196 Å². The highest BCUT2D eigenvalue weighted by molar-refractivity contribution is 7.99. The molecule has 170 valence electrons. The van der Waals surface area contributed by atoms with Crippen LogP contribution in [0.4, 0.5) is 4.79 Å². The number of hydrogen-bond donors (Lipinski definition) is 2. The fourth-order valence-electron chi connectivity index (χ4n) is 3.50. The molecule has 0 aliphatic carbocycles. The molecule has 0 spiro atoms. The van der Waals surface area contributed by atoms with Gasteiger partial charge in [-0.15, -0.1) is 0 Å². The number of urea groups is 1. The fourth-order valence-corrected chi connectivity index (χ4v) is 4.29. The van der Waals surface area contributed by atoms with Gasteiger partial charge in [-0.2, -0.15) is 5.01 Å². The Morgan fingerprint density at radius 3 is 2.45 bits per heavy atom. The number of carbonyl (C=O) groups excluding carboxylic acids is 3. The number of carbonyl (C=O) groups is 3. The van der Waals surface area contributed by atoms with Crippen LogP contribution in [0.5, 0.6) is 0 Å². The molecule has 1 atom stereocenters. The van der Waals surface area contributed by atoms with Crippen LogP contribution in [0.3, 0.4) is 0 Å². The van der Waals surface area contributed by atoms with Crippen LogP contribution in [0, 0.1) is 6.92 Å². The lowest BCUT2D eigenvalue weighted by atomic mass is 10.00. The number of nitrogens with one attached hydrogen (secondary N) is 2. The maximum Gasteiger partial charge on any atom is 0.344 e. The summed E-state index contributed by atoms with van der Waals surface area (Å²) in [6.45, 7) is 5.47. The smallest absolute Gasteiger partial charge is 0.322 e. The molecule has 2 heterocycles. The summed E-state index contributed by atoms with van der Waals surface area (Å²) in [7, 11) is 0. The molecule has 1 unspecified atom stereocenters. The van der Waals surface area contributed by atoms with E-state index in [1.807, 2.05) is 66.1 Å². The number of thioether (sulfide) groups is 1. The molecule has 2 aromatic carbocycles. The first-order chi connectivity index (χ1) is 15.8. The minimum atomic E-state index is -1.01. The van der Waals surface area contributed by atoms with Gasteiger partial charge in [-0.3, -0.25) is 19.6 Å². The second-order valence-electron chi connectivity index (χ2n) is 8.04. The Morgan fingerprint density at radius 2 is 1.82 bits per heavy atom. The van der Waals surface area contributed by atoms with Crippen LogP contribution in [0.25, 0.3) is 16.9 Å². The molecule has 1 aromatic heterocycles. The van der Waals surface area contributed by atoms with Gasteiger partial charge in [0.1, 0.15) is 5.54 Å². The Kier molecular flexibility index (Phi) is 6.24. The van der Waals surface area contributed by atoms with Crippen molar-refractivity contribution < 1.29 is 14.4 Å². The molecule has 1 saturated heterocycles. The lowest BCUT2D eigenvalue weighted by Gasteiger charge is -2.19. The van der Waals surface area contributed by atoms with E-state index in [1.165, 1.54) is 11.8 Å². The van der Waals surface area contributed by atoms with E-state index >= 15 is 0 Å².